The maximum atomic E-state index is 11.9. The maximum absolute atomic E-state index is 11.9. The summed E-state index contributed by atoms with van der Waals surface area (Å²) in [4.78, 5) is 19.6. The van der Waals surface area contributed by atoms with Gasteiger partial charge in [0.2, 0.25) is 5.91 Å². The van der Waals surface area contributed by atoms with Gasteiger partial charge >= 0.3 is 0 Å². The zero-order valence-electron chi connectivity index (χ0n) is 11.5. The second kappa shape index (κ2) is 5.93. The van der Waals surface area contributed by atoms with Crippen molar-refractivity contribution < 1.29 is 4.79 Å². The first kappa shape index (κ1) is 13.6. The summed E-state index contributed by atoms with van der Waals surface area (Å²) in [6.07, 6.45) is 3.35. The molecule has 5 heteroatoms. The predicted octanol–water partition coefficient (Wildman–Crippen LogP) is 3.52. The average Bonchev–Trinajstić information content (AvgIpc) is 3.14. The normalized spacial score (nSPS) is 12.8. The summed E-state index contributed by atoms with van der Waals surface area (Å²) in [5.74, 6) is 0.627. The van der Waals surface area contributed by atoms with Crippen LogP contribution in [0.5, 0.6) is 0 Å². The molecule has 0 radical (unpaired) electrons. The zero-order valence-corrected chi connectivity index (χ0v) is 12.4. The number of para-hydroxylation sites is 2. The number of nitrogens with one attached hydrogen (secondary N) is 2. The third-order valence-corrected chi connectivity index (χ3v) is 3.85. The summed E-state index contributed by atoms with van der Waals surface area (Å²) >= 11 is 1.61. The molecule has 0 saturated heterocycles. The van der Waals surface area contributed by atoms with Crippen molar-refractivity contribution in [1.82, 2.24) is 15.3 Å². The second-order valence-electron chi connectivity index (χ2n) is 4.76. The van der Waals surface area contributed by atoms with Crippen LogP contribution in [0.4, 0.5) is 0 Å². The van der Waals surface area contributed by atoms with E-state index in [1.165, 1.54) is 0 Å². The highest BCUT2D eigenvalue weighted by molar-refractivity contribution is 7.08. The lowest BCUT2D eigenvalue weighted by molar-refractivity contribution is -0.117. The van der Waals surface area contributed by atoms with Crippen LogP contribution in [0.25, 0.3) is 17.1 Å². The number of hydrogen-bond acceptors (Lipinski definition) is 3. The van der Waals surface area contributed by atoms with Crippen molar-refractivity contribution in [1.29, 1.82) is 0 Å². The van der Waals surface area contributed by atoms with Gasteiger partial charge < -0.3 is 10.3 Å². The summed E-state index contributed by atoms with van der Waals surface area (Å²) < 4.78 is 0. The van der Waals surface area contributed by atoms with Crippen LogP contribution in [-0.2, 0) is 4.79 Å². The smallest absolute Gasteiger partial charge is 0.244 e. The van der Waals surface area contributed by atoms with Crippen molar-refractivity contribution in [3.05, 3.63) is 58.6 Å². The molecule has 3 aromatic rings. The molecule has 21 heavy (non-hydrogen) atoms. The van der Waals surface area contributed by atoms with Crippen LogP contribution in [0, 0.1) is 0 Å². The summed E-state index contributed by atoms with van der Waals surface area (Å²) in [6, 6.07) is 9.61. The molecule has 106 valence electrons. The SMILES string of the molecule is CC(NC(=O)/C=C/c1ccsc1)c1nc2ccccc2[nH]1. The minimum Gasteiger partial charge on any atom is -0.343 e. The van der Waals surface area contributed by atoms with Crippen molar-refractivity contribution >= 4 is 34.4 Å². The number of amides is 1. The van der Waals surface area contributed by atoms with Crippen molar-refractivity contribution in [2.75, 3.05) is 0 Å². The Balaban J connectivity index is 1.67. The monoisotopic (exact) mass is 297 g/mol. The van der Waals surface area contributed by atoms with Crippen LogP contribution >= 0.6 is 11.3 Å². The summed E-state index contributed by atoms with van der Waals surface area (Å²) in [5.41, 5.74) is 2.91. The lowest BCUT2D eigenvalue weighted by Crippen LogP contribution is -2.25. The number of aromatic amines is 1. The molecule has 1 aromatic carbocycles. The van der Waals surface area contributed by atoms with Crippen molar-refractivity contribution in [2.45, 2.75) is 13.0 Å². The number of fused-ring (bicyclic) bond motifs is 1. The fourth-order valence-electron chi connectivity index (χ4n) is 2.05. The number of H-pyrrole nitrogens is 1. The lowest BCUT2D eigenvalue weighted by atomic mass is 10.3. The third kappa shape index (κ3) is 3.20. The van der Waals surface area contributed by atoms with Gasteiger partial charge in [-0.15, -0.1) is 0 Å². The number of benzene rings is 1. The molecule has 1 amide bonds. The largest absolute Gasteiger partial charge is 0.343 e. The predicted molar refractivity (Wildman–Crippen MR) is 86.0 cm³/mol. The number of thiophene rings is 1. The average molecular weight is 297 g/mol. The number of aromatic nitrogens is 2. The fourth-order valence-corrected chi connectivity index (χ4v) is 2.68. The number of rotatable bonds is 4. The Labute approximate surface area is 126 Å². The van der Waals surface area contributed by atoms with E-state index in [0.717, 1.165) is 22.4 Å². The van der Waals surface area contributed by atoms with Crippen LogP contribution in [0.15, 0.2) is 47.2 Å². The van der Waals surface area contributed by atoms with E-state index < -0.39 is 0 Å². The van der Waals surface area contributed by atoms with E-state index in [4.69, 9.17) is 0 Å². The molecule has 3 rings (SSSR count). The molecular formula is C16H15N3OS. The molecule has 0 bridgehead atoms. The van der Waals surface area contributed by atoms with Gasteiger partial charge in [0.25, 0.3) is 0 Å². The Morgan fingerprint density at radius 3 is 3.00 bits per heavy atom. The Bertz CT molecular complexity index is 741. The van der Waals surface area contributed by atoms with E-state index in [1.807, 2.05) is 48.0 Å². The van der Waals surface area contributed by atoms with E-state index in [2.05, 4.69) is 15.3 Å². The highest BCUT2D eigenvalue weighted by Crippen LogP contribution is 2.15. The molecule has 1 atom stereocenters. The van der Waals surface area contributed by atoms with Crippen LogP contribution < -0.4 is 5.32 Å². The van der Waals surface area contributed by atoms with E-state index in [-0.39, 0.29) is 11.9 Å². The number of carbonyl (C=O) groups is 1. The molecule has 2 N–H and O–H groups in total. The molecule has 1 unspecified atom stereocenters. The number of nitrogens with zero attached hydrogens (tertiary/aromatic N) is 1. The molecule has 0 spiro atoms. The Morgan fingerprint density at radius 1 is 1.38 bits per heavy atom. The van der Waals surface area contributed by atoms with E-state index in [9.17, 15) is 4.79 Å². The third-order valence-electron chi connectivity index (χ3n) is 3.15. The summed E-state index contributed by atoms with van der Waals surface area (Å²) in [5, 5.41) is 6.88. The highest BCUT2D eigenvalue weighted by atomic mass is 32.1. The molecule has 2 aromatic heterocycles. The van der Waals surface area contributed by atoms with Gasteiger partial charge in [-0.05, 0) is 47.5 Å². The Morgan fingerprint density at radius 2 is 2.24 bits per heavy atom. The van der Waals surface area contributed by atoms with E-state index in [0.29, 0.717) is 0 Å². The number of carbonyl (C=O) groups excluding carboxylic acids is 1. The van der Waals surface area contributed by atoms with Gasteiger partial charge in [0.15, 0.2) is 0 Å². The summed E-state index contributed by atoms with van der Waals surface area (Å²) in [6.45, 7) is 1.91. The van der Waals surface area contributed by atoms with Gasteiger partial charge in [-0.25, -0.2) is 4.98 Å². The second-order valence-corrected chi connectivity index (χ2v) is 5.54. The van der Waals surface area contributed by atoms with Gasteiger partial charge in [0, 0.05) is 6.08 Å². The van der Waals surface area contributed by atoms with E-state index >= 15 is 0 Å². The first-order chi connectivity index (χ1) is 10.2. The fraction of sp³-hybridized carbons (Fsp3) is 0.125. The zero-order chi connectivity index (χ0) is 14.7. The van der Waals surface area contributed by atoms with Gasteiger partial charge in [0.05, 0.1) is 17.1 Å². The van der Waals surface area contributed by atoms with Gasteiger partial charge in [-0.1, -0.05) is 12.1 Å². The maximum Gasteiger partial charge on any atom is 0.244 e. The van der Waals surface area contributed by atoms with Crippen LogP contribution in [0.3, 0.4) is 0 Å². The molecule has 0 fully saturated rings. The minimum atomic E-state index is -0.169. The molecule has 0 saturated carbocycles. The quantitative estimate of drug-likeness (QED) is 0.724. The standard InChI is InChI=1S/C16H15N3OS/c1-11(16-18-13-4-2-3-5-14(13)19-16)17-15(20)7-6-12-8-9-21-10-12/h2-11H,1H3,(H,17,20)(H,18,19)/b7-6+. The molecule has 0 aliphatic rings. The van der Waals surface area contributed by atoms with Crippen LogP contribution in [-0.4, -0.2) is 15.9 Å². The minimum absolute atomic E-state index is 0.130. The van der Waals surface area contributed by atoms with Gasteiger partial charge in [0.1, 0.15) is 5.82 Å². The molecule has 0 aliphatic heterocycles. The molecule has 0 aliphatic carbocycles. The van der Waals surface area contributed by atoms with Crippen molar-refractivity contribution in [2.24, 2.45) is 0 Å². The molecule has 4 nitrogen and oxygen atoms in total. The molecule has 2 heterocycles. The highest BCUT2D eigenvalue weighted by Gasteiger charge is 2.11. The van der Waals surface area contributed by atoms with E-state index in [1.54, 1.807) is 23.5 Å². The van der Waals surface area contributed by atoms with Crippen molar-refractivity contribution in [3.8, 4) is 0 Å². The summed E-state index contributed by atoms with van der Waals surface area (Å²) in [7, 11) is 0. The van der Waals surface area contributed by atoms with Crippen molar-refractivity contribution in [3.63, 3.8) is 0 Å². The Hall–Kier alpha value is -2.40. The lowest BCUT2D eigenvalue weighted by Gasteiger charge is -2.08. The molecular weight excluding hydrogens is 282 g/mol. The van der Waals surface area contributed by atoms with Gasteiger partial charge in [-0.2, -0.15) is 11.3 Å². The number of hydrogen-bond donors (Lipinski definition) is 2. The Kier molecular flexibility index (Phi) is 3.83. The number of imidazole rings is 1. The van der Waals surface area contributed by atoms with Crippen LogP contribution in [0.1, 0.15) is 24.4 Å². The van der Waals surface area contributed by atoms with Crippen LogP contribution in [0.2, 0.25) is 0 Å². The topological polar surface area (TPSA) is 57.8 Å². The van der Waals surface area contributed by atoms with Gasteiger partial charge in [-0.3, -0.25) is 4.79 Å². The first-order valence-corrected chi connectivity index (χ1v) is 7.62. The first-order valence-electron chi connectivity index (χ1n) is 6.68.